The standard InChI is InChI=1S/C17H12Cl2N2O4S/c18-11-3-8-14(19)15(10-11)21-26(23,24)13-6-4-12(5-7-13)20-17(22)16-2-1-9-25-16/h1-10,21H,(H,20,22). The van der Waals surface area contributed by atoms with Gasteiger partial charge in [-0.05, 0) is 54.6 Å². The van der Waals surface area contributed by atoms with E-state index in [1.807, 2.05) is 0 Å². The molecule has 0 unspecified atom stereocenters. The number of carbonyl (C=O) groups excluding carboxylic acids is 1. The molecule has 1 heterocycles. The number of halogens is 2. The van der Waals surface area contributed by atoms with Crippen molar-refractivity contribution < 1.29 is 17.6 Å². The molecule has 0 aliphatic heterocycles. The summed E-state index contributed by atoms with van der Waals surface area (Å²) in [6.45, 7) is 0. The molecule has 0 fully saturated rings. The van der Waals surface area contributed by atoms with Gasteiger partial charge in [0.05, 0.1) is 21.9 Å². The molecule has 0 atom stereocenters. The normalized spacial score (nSPS) is 11.2. The number of hydrogen-bond acceptors (Lipinski definition) is 4. The zero-order chi connectivity index (χ0) is 18.7. The number of anilines is 2. The molecule has 1 amide bonds. The van der Waals surface area contributed by atoms with Crippen molar-refractivity contribution in [3.8, 4) is 0 Å². The Hall–Kier alpha value is -2.48. The van der Waals surface area contributed by atoms with Crippen molar-refractivity contribution in [2.45, 2.75) is 4.90 Å². The highest BCUT2D eigenvalue weighted by atomic mass is 35.5. The molecule has 9 heteroatoms. The first-order valence-corrected chi connectivity index (χ1v) is 9.52. The molecule has 0 bridgehead atoms. The van der Waals surface area contributed by atoms with Gasteiger partial charge in [-0.3, -0.25) is 9.52 Å². The average molecular weight is 411 g/mol. The number of amides is 1. The van der Waals surface area contributed by atoms with Crippen LogP contribution < -0.4 is 10.0 Å². The minimum atomic E-state index is -3.87. The van der Waals surface area contributed by atoms with Gasteiger partial charge in [0.15, 0.2) is 5.76 Å². The average Bonchev–Trinajstić information content (AvgIpc) is 3.13. The monoisotopic (exact) mass is 410 g/mol. The van der Waals surface area contributed by atoms with Crippen LogP contribution in [-0.2, 0) is 10.0 Å². The molecule has 2 N–H and O–H groups in total. The van der Waals surface area contributed by atoms with Crippen molar-refractivity contribution in [3.05, 3.63) is 76.7 Å². The molecule has 2 aromatic carbocycles. The SMILES string of the molecule is O=C(Nc1ccc(S(=O)(=O)Nc2cc(Cl)ccc2Cl)cc1)c1ccco1. The number of rotatable bonds is 5. The van der Waals surface area contributed by atoms with E-state index in [2.05, 4.69) is 10.0 Å². The Bertz CT molecular complexity index is 1030. The van der Waals surface area contributed by atoms with Crippen molar-refractivity contribution in [2.75, 3.05) is 10.0 Å². The lowest BCUT2D eigenvalue weighted by Gasteiger charge is -2.11. The molecule has 0 aliphatic carbocycles. The third-order valence-electron chi connectivity index (χ3n) is 3.34. The van der Waals surface area contributed by atoms with E-state index in [4.69, 9.17) is 27.6 Å². The van der Waals surface area contributed by atoms with Crippen molar-refractivity contribution in [1.29, 1.82) is 0 Å². The summed E-state index contributed by atoms with van der Waals surface area (Å²) in [6.07, 6.45) is 1.39. The number of nitrogens with one attached hydrogen (secondary N) is 2. The summed E-state index contributed by atoms with van der Waals surface area (Å²) >= 11 is 11.8. The third kappa shape index (κ3) is 4.19. The van der Waals surface area contributed by atoms with Gasteiger partial charge in [-0.25, -0.2) is 8.42 Å². The van der Waals surface area contributed by atoms with E-state index < -0.39 is 15.9 Å². The molecule has 6 nitrogen and oxygen atoms in total. The van der Waals surface area contributed by atoms with Gasteiger partial charge in [-0.2, -0.15) is 0 Å². The minimum Gasteiger partial charge on any atom is -0.459 e. The van der Waals surface area contributed by atoms with Crippen LogP contribution in [0.1, 0.15) is 10.6 Å². The van der Waals surface area contributed by atoms with Crippen molar-refractivity contribution in [3.63, 3.8) is 0 Å². The second kappa shape index (κ2) is 7.41. The van der Waals surface area contributed by atoms with E-state index in [1.165, 1.54) is 48.7 Å². The Labute approximate surface area is 159 Å². The third-order valence-corrected chi connectivity index (χ3v) is 5.29. The summed E-state index contributed by atoms with van der Waals surface area (Å²) in [5, 5.41) is 3.18. The number of sulfonamides is 1. The maximum absolute atomic E-state index is 12.5. The van der Waals surface area contributed by atoms with E-state index in [0.717, 1.165) is 0 Å². The van der Waals surface area contributed by atoms with Crippen LogP contribution in [-0.4, -0.2) is 14.3 Å². The number of benzene rings is 2. The number of carbonyl (C=O) groups is 1. The van der Waals surface area contributed by atoms with Gasteiger partial charge in [0, 0.05) is 10.7 Å². The topological polar surface area (TPSA) is 88.4 Å². The Balaban J connectivity index is 1.76. The van der Waals surface area contributed by atoms with Crippen LogP contribution in [0.3, 0.4) is 0 Å². The smallest absolute Gasteiger partial charge is 0.291 e. The second-order valence-corrected chi connectivity index (χ2v) is 7.71. The fourth-order valence-corrected chi connectivity index (χ4v) is 3.56. The minimum absolute atomic E-state index is 0.00420. The maximum atomic E-state index is 12.5. The summed E-state index contributed by atoms with van der Waals surface area (Å²) in [5.41, 5.74) is 0.598. The van der Waals surface area contributed by atoms with Gasteiger partial charge in [-0.15, -0.1) is 0 Å². The van der Waals surface area contributed by atoms with Crippen molar-refractivity contribution >= 4 is 50.5 Å². The van der Waals surface area contributed by atoms with Crippen LogP contribution in [0, 0.1) is 0 Å². The summed E-state index contributed by atoms with van der Waals surface area (Å²) < 4.78 is 32.3. The van der Waals surface area contributed by atoms with Crippen LogP contribution in [0.2, 0.25) is 10.0 Å². The van der Waals surface area contributed by atoms with Gasteiger partial charge < -0.3 is 9.73 Å². The zero-order valence-electron chi connectivity index (χ0n) is 13.1. The highest BCUT2D eigenvalue weighted by Crippen LogP contribution is 2.28. The first-order chi connectivity index (χ1) is 12.3. The molecule has 26 heavy (non-hydrogen) atoms. The van der Waals surface area contributed by atoms with E-state index in [9.17, 15) is 13.2 Å². The molecule has 134 valence electrons. The first-order valence-electron chi connectivity index (χ1n) is 7.28. The van der Waals surface area contributed by atoms with Gasteiger partial charge in [0.2, 0.25) is 0 Å². The van der Waals surface area contributed by atoms with Crippen molar-refractivity contribution in [1.82, 2.24) is 0 Å². The van der Waals surface area contributed by atoms with Crippen LogP contribution in [0.4, 0.5) is 11.4 Å². The van der Waals surface area contributed by atoms with Gasteiger partial charge in [0.1, 0.15) is 0 Å². The fourth-order valence-electron chi connectivity index (χ4n) is 2.10. The lowest BCUT2D eigenvalue weighted by atomic mass is 10.3. The van der Waals surface area contributed by atoms with E-state index in [-0.39, 0.29) is 21.4 Å². The highest BCUT2D eigenvalue weighted by molar-refractivity contribution is 7.92. The lowest BCUT2D eigenvalue weighted by Crippen LogP contribution is -2.14. The van der Waals surface area contributed by atoms with E-state index in [1.54, 1.807) is 12.1 Å². The Kier molecular flexibility index (Phi) is 5.22. The van der Waals surface area contributed by atoms with Gasteiger partial charge >= 0.3 is 0 Å². The summed E-state index contributed by atoms with van der Waals surface area (Å²) in [6, 6.07) is 13.2. The van der Waals surface area contributed by atoms with Gasteiger partial charge in [0.25, 0.3) is 15.9 Å². The zero-order valence-corrected chi connectivity index (χ0v) is 15.4. The second-order valence-electron chi connectivity index (χ2n) is 5.19. The van der Waals surface area contributed by atoms with Crippen LogP contribution >= 0.6 is 23.2 Å². The molecule has 0 saturated carbocycles. The predicted molar refractivity (Wildman–Crippen MR) is 100 cm³/mol. The summed E-state index contributed by atoms with van der Waals surface area (Å²) in [7, 11) is -3.87. The molecule has 1 aromatic heterocycles. The molecule has 3 aromatic rings. The fraction of sp³-hybridized carbons (Fsp3) is 0. The summed E-state index contributed by atoms with van der Waals surface area (Å²) in [5.74, 6) is -0.284. The molecule has 0 saturated heterocycles. The van der Waals surface area contributed by atoms with Gasteiger partial charge in [-0.1, -0.05) is 23.2 Å². The molecule has 0 spiro atoms. The molecule has 0 radical (unpaired) electrons. The van der Waals surface area contributed by atoms with E-state index in [0.29, 0.717) is 10.7 Å². The number of hydrogen-bond donors (Lipinski definition) is 2. The molecule has 3 rings (SSSR count). The quantitative estimate of drug-likeness (QED) is 0.640. The van der Waals surface area contributed by atoms with Crippen LogP contribution in [0.25, 0.3) is 0 Å². The first kappa shape index (κ1) is 18.3. The Morgan fingerprint density at radius 1 is 1.00 bits per heavy atom. The maximum Gasteiger partial charge on any atom is 0.291 e. The molecular weight excluding hydrogens is 399 g/mol. The van der Waals surface area contributed by atoms with Crippen LogP contribution in [0.15, 0.2) is 70.2 Å². The van der Waals surface area contributed by atoms with Crippen LogP contribution in [0.5, 0.6) is 0 Å². The van der Waals surface area contributed by atoms with Crippen molar-refractivity contribution in [2.24, 2.45) is 0 Å². The highest BCUT2D eigenvalue weighted by Gasteiger charge is 2.16. The van der Waals surface area contributed by atoms with E-state index >= 15 is 0 Å². The largest absolute Gasteiger partial charge is 0.459 e. The predicted octanol–water partition coefficient (Wildman–Crippen LogP) is 4.64. The Morgan fingerprint density at radius 3 is 2.38 bits per heavy atom. The lowest BCUT2D eigenvalue weighted by molar-refractivity contribution is 0.0996. The molecule has 0 aliphatic rings. The summed E-state index contributed by atoms with van der Waals surface area (Å²) in [4.78, 5) is 11.9. The molecular formula is C17H12Cl2N2O4S. The number of furan rings is 1. The Morgan fingerprint density at radius 2 is 1.73 bits per heavy atom.